The van der Waals surface area contributed by atoms with Crippen molar-refractivity contribution in [2.45, 2.75) is 0 Å². The largest absolute Gasteiger partial charge is 0.457 e. The fraction of sp³-hybridized carbons (Fsp3) is 0. The van der Waals surface area contributed by atoms with Crippen LogP contribution >= 0.6 is 11.6 Å². The highest BCUT2D eigenvalue weighted by atomic mass is 35.5. The molecule has 4 heteroatoms. The van der Waals surface area contributed by atoms with E-state index >= 15 is 0 Å². The van der Waals surface area contributed by atoms with Crippen LogP contribution in [0, 0.1) is 17.1 Å². The topological polar surface area (TPSA) is 36.9 Å². The molecule has 3 aromatic rings. The second kappa shape index (κ2) is 6.51. The maximum Gasteiger partial charge on any atom is 0.134 e. The van der Waals surface area contributed by atoms with Gasteiger partial charge in [-0.3, -0.25) is 0 Å². The summed E-state index contributed by atoms with van der Waals surface area (Å²) in [6.45, 7) is 0. The fourth-order valence-electron chi connectivity index (χ4n) is 2.18. The van der Waals surface area contributed by atoms with Crippen molar-refractivity contribution < 1.29 is 8.81 Å². The normalized spacial score (nSPS) is 11.3. The summed E-state index contributed by atoms with van der Waals surface area (Å²) in [5.74, 6) is 0.864. The Kier molecular flexibility index (Phi) is 4.27. The maximum atomic E-state index is 13.0. The molecule has 0 amide bonds. The molecule has 2 nitrogen and oxygen atoms in total. The smallest absolute Gasteiger partial charge is 0.134 e. The first-order valence-corrected chi connectivity index (χ1v) is 7.27. The van der Waals surface area contributed by atoms with Crippen molar-refractivity contribution in [1.29, 1.82) is 5.26 Å². The molecule has 0 aliphatic heterocycles. The van der Waals surface area contributed by atoms with Gasteiger partial charge in [0.1, 0.15) is 17.3 Å². The van der Waals surface area contributed by atoms with Gasteiger partial charge in [-0.1, -0.05) is 35.9 Å². The van der Waals surface area contributed by atoms with E-state index in [1.165, 1.54) is 12.1 Å². The van der Waals surface area contributed by atoms with Crippen molar-refractivity contribution in [2.75, 3.05) is 0 Å². The summed E-state index contributed by atoms with van der Waals surface area (Å²) in [6, 6.07) is 18.8. The Bertz CT molecular complexity index is 904. The molecule has 0 radical (unpaired) electrons. The number of furan rings is 1. The number of halogens is 2. The van der Waals surface area contributed by atoms with Crippen LogP contribution in [-0.4, -0.2) is 0 Å². The van der Waals surface area contributed by atoms with Crippen molar-refractivity contribution in [3.63, 3.8) is 0 Å². The zero-order valence-corrected chi connectivity index (χ0v) is 12.7. The predicted molar refractivity (Wildman–Crippen MR) is 89.0 cm³/mol. The van der Waals surface area contributed by atoms with Crippen LogP contribution in [0.5, 0.6) is 0 Å². The first kappa shape index (κ1) is 15.1. The van der Waals surface area contributed by atoms with Gasteiger partial charge in [-0.15, -0.1) is 0 Å². The summed E-state index contributed by atoms with van der Waals surface area (Å²) in [5, 5.41) is 9.92. The van der Waals surface area contributed by atoms with Crippen LogP contribution in [0.15, 0.2) is 65.1 Å². The SMILES string of the molecule is N#C/C(=C\c1ccc(-c2cccc(Cl)c2)o1)c1ccc(F)cc1. The lowest BCUT2D eigenvalue weighted by Crippen LogP contribution is -1.82. The van der Waals surface area contributed by atoms with Crippen LogP contribution in [0.1, 0.15) is 11.3 Å². The molecule has 0 unspecified atom stereocenters. The summed E-state index contributed by atoms with van der Waals surface area (Å²) in [6.07, 6.45) is 1.63. The van der Waals surface area contributed by atoms with Crippen LogP contribution in [0.25, 0.3) is 23.0 Å². The summed E-state index contributed by atoms with van der Waals surface area (Å²) >= 11 is 5.97. The molecule has 3 rings (SSSR count). The van der Waals surface area contributed by atoms with Gasteiger partial charge in [0.05, 0.1) is 11.6 Å². The Morgan fingerprint density at radius 3 is 2.57 bits per heavy atom. The van der Waals surface area contributed by atoms with Crippen molar-refractivity contribution in [2.24, 2.45) is 0 Å². The van der Waals surface area contributed by atoms with Crippen LogP contribution in [-0.2, 0) is 0 Å². The van der Waals surface area contributed by atoms with Gasteiger partial charge in [-0.05, 0) is 48.0 Å². The van der Waals surface area contributed by atoms with Gasteiger partial charge < -0.3 is 4.42 Å². The first-order valence-electron chi connectivity index (χ1n) is 6.89. The van der Waals surface area contributed by atoms with Gasteiger partial charge in [0, 0.05) is 10.6 Å². The predicted octanol–water partition coefficient (Wildman–Crippen LogP) is 5.80. The third kappa shape index (κ3) is 3.50. The monoisotopic (exact) mass is 323 g/mol. The highest BCUT2D eigenvalue weighted by Crippen LogP contribution is 2.27. The molecule has 0 fully saturated rings. The van der Waals surface area contributed by atoms with Gasteiger partial charge in [-0.25, -0.2) is 4.39 Å². The molecule has 0 atom stereocenters. The van der Waals surface area contributed by atoms with Gasteiger partial charge in [0.15, 0.2) is 0 Å². The summed E-state index contributed by atoms with van der Waals surface area (Å²) < 4.78 is 18.7. The second-order valence-corrected chi connectivity index (χ2v) is 5.33. The van der Waals surface area contributed by atoms with E-state index in [0.717, 1.165) is 5.56 Å². The average molecular weight is 324 g/mol. The highest BCUT2D eigenvalue weighted by Gasteiger charge is 2.07. The molecule has 0 saturated carbocycles. The molecule has 1 aromatic heterocycles. The van der Waals surface area contributed by atoms with Crippen molar-refractivity contribution >= 4 is 23.3 Å². The van der Waals surface area contributed by atoms with Gasteiger partial charge >= 0.3 is 0 Å². The number of rotatable bonds is 3. The van der Waals surface area contributed by atoms with Crippen molar-refractivity contribution in [1.82, 2.24) is 0 Å². The van der Waals surface area contributed by atoms with Crippen LogP contribution in [0.2, 0.25) is 5.02 Å². The quantitative estimate of drug-likeness (QED) is 0.571. The third-order valence-corrected chi connectivity index (χ3v) is 3.53. The number of nitrogens with zero attached hydrogens (tertiary/aromatic N) is 1. The number of allylic oxidation sites excluding steroid dienone is 1. The first-order chi connectivity index (χ1) is 11.2. The van der Waals surface area contributed by atoms with E-state index in [4.69, 9.17) is 16.0 Å². The van der Waals surface area contributed by atoms with E-state index in [2.05, 4.69) is 6.07 Å². The van der Waals surface area contributed by atoms with Crippen LogP contribution < -0.4 is 0 Å². The van der Waals surface area contributed by atoms with E-state index in [9.17, 15) is 9.65 Å². The number of benzene rings is 2. The number of hydrogen-bond acceptors (Lipinski definition) is 2. The van der Waals surface area contributed by atoms with Crippen molar-refractivity contribution in [3.8, 4) is 17.4 Å². The lowest BCUT2D eigenvalue weighted by atomic mass is 10.1. The van der Waals surface area contributed by atoms with E-state index in [-0.39, 0.29) is 5.82 Å². The maximum absolute atomic E-state index is 13.0. The molecule has 112 valence electrons. The standard InChI is InChI=1S/C19H11ClFNO/c20-16-3-1-2-14(10-16)19-9-8-18(23-19)11-15(12-22)13-4-6-17(21)7-5-13/h1-11H/b15-11+. The zero-order chi connectivity index (χ0) is 16.2. The Balaban J connectivity index is 1.93. The minimum Gasteiger partial charge on any atom is -0.457 e. The van der Waals surface area contributed by atoms with E-state index in [1.54, 1.807) is 36.4 Å². The molecule has 2 aromatic carbocycles. The van der Waals surface area contributed by atoms with E-state index in [1.807, 2.05) is 18.2 Å². The molecule has 0 bridgehead atoms. The lowest BCUT2D eigenvalue weighted by molar-refractivity contribution is 0.572. The Hall–Kier alpha value is -2.83. The molecular formula is C19H11ClFNO. The molecule has 0 N–H and O–H groups in total. The summed E-state index contributed by atoms with van der Waals surface area (Å²) in [5.41, 5.74) is 1.89. The van der Waals surface area contributed by atoms with Crippen LogP contribution in [0.4, 0.5) is 4.39 Å². The van der Waals surface area contributed by atoms with Crippen LogP contribution in [0.3, 0.4) is 0 Å². The van der Waals surface area contributed by atoms with Crippen molar-refractivity contribution in [3.05, 3.63) is 82.8 Å². The Morgan fingerprint density at radius 2 is 1.87 bits per heavy atom. The molecule has 0 spiro atoms. The van der Waals surface area contributed by atoms with Gasteiger partial charge in [-0.2, -0.15) is 5.26 Å². The molecular weight excluding hydrogens is 313 g/mol. The average Bonchev–Trinajstić information content (AvgIpc) is 3.02. The van der Waals surface area contributed by atoms with Gasteiger partial charge in [0.25, 0.3) is 0 Å². The molecule has 0 saturated heterocycles. The van der Waals surface area contributed by atoms with E-state index < -0.39 is 0 Å². The minimum atomic E-state index is -0.340. The Morgan fingerprint density at radius 1 is 1.09 bits per heavy atom. The van der Waals surface area contributed by atoms with Gasteiger partial charge in [0.2, 0.25) is 0 Å². The number of nitriles is 1. The molecule has 1 heterocycles. The lowest BCUT2D eigenvalue weighted by Gasteiger charge is -1.99. The molecule has 0 aliphatic rings. The van der Waals surface area contributed by atoms with E-state index in [0.29, 0.717) is 27.7 Å². The minimum absolute atomic E-state index is 0.340. The summed E-state index contributed by atoms with van der Waals surface area (Å²) in [4.78, 5) is 0. The Labute approximate surface area is 138 Å². The molecule has 0 aliphatic carbocycles. The highest BCUT2D eigenvalue weighted by molar-refractivity contribution is 6.30. The fourth-order valence-corrected chi connectivity index (χ4v) is 2.37. The number of hydrogen-bond donors (Lipinski definition) is 0. The molecule has 23 heavy (non-hydrogen) atoms. The third-order valence-electron chi connectivity index (χ3n) is 3.30. The second-order valence-electron chi connectivity index (χ2n) is 4.89. The zero-order valence-electron chi connectivity index (χ0n) is 12.0. The summed E-state index contributed by atoms with van der Waals surface area (Å²) in [7, 11) is 0.